The number of amides is 2. The Morgan fingerprint density at radius 1 is 0.830 bits per heavy atom. The highest BCUT2D eigenvalue weighted by atomic mass is 16.2. The first kappa shape index (κ1) is 34.6. The van der Waals surface area contributed by atoms with Crippen molar-refractivity contribution in [1.82, 2.24) is 15.1 Å². The van der Waals surface area contributed by atoms with Crippen LogP contribution < -0.4 is 5.32 Å². The van der Waals surface area contributed by atoms with Gasteiger partial charge in [-0.2, -0.15) is 0 Å². The van der Waals surface area contributed by atoms with Gasteiger partial charge < -0.3 is 15.1 Å². The topological polar surface area (TPSA) is 52.7 Å². The van der Waals surface area contributed by atoms with Crippen molar-refractivity contribution in [2.75, 3.05) is 33.2 Å². The van der Waals surface area contributed by atoms with Crippen LogP contribution in [0.3, 0.4) is 0 Å². The first-order valence-corrected chi connectivity index (χ1v) is 17.7. The summed E-state index contributed by atoms with van der Waals surface area (Å²) in [7, 11) is 2.21. The molecule has 5 nitrogen and oxygen atoms in total. The Balaban J connectivity index is 0.000000281. The molecule has 1 N–H and O–H groups in total. The van der Waals surface area contributed by atoms with Crippen LogP contribution in [0.15, 0.2) is 78.4 Å². The Morgan fingerprint density at radius 3 is 1.91 bits per heavy atom. The predicted octanol–water partition coefficient (Wildman–Crippen LogP) is 8.76. The van der Waals surface area contributed by atoms with E-state index in [0.717, 1.165) is 49.9 Å². The van der Waals surface area contributed by atoms with Crippen LogP contribution in [-0.2, 0) is 4.79 Å². The lowest BCUT2D eigenvalue weighted by Gasteiger charge is -2.56. The Hall–Kier alpha value is -3.70. The molecule has 250 valence electrons. The van der Waals surface area contributed by atoms with Gasteiger partial charge in [0.1, 0.15) is 0 Å². The molecule has 1 spiro atoms. The van der Waals surface area contributed by atoms with E-state index in [1.807, 2.05) is 43.0 Å². The molecule has 3 aromatic rings. The van der Waals surface area contributed by atoms with Crippen molar-refractivity contribution in [3.05, 3.63) is 112 Å². The maximum atomic E-state index is 12.7. The number of allylic oxidation sites excluding steroid dienone is 1. The molecule has 0 bridgehead atoms. The highest BCUT2D eigenvalue weighted by molar-refractivity contribution is 5.94. The van der Waals surface area contributed by atoms with Crippen molar-refractivity contribution in [1.29, 1.82) is 0 Å². The van der Waals surface area contributed by atoms with Gasteiger partial charge in [0.05, 0.1) is 6.04 Å². The Bertz CT molecular complexity index is 1560. The van der Waals surface area contributed by atoms with Crippen molar-refractivity contribution in [3.63, 3.8) is 0 Å². The van der Waals surface area contributed by atoms with E-state index in [1.54, 1.807) is 5.57 Å². The van der Waals surface area contributed by atoms with E-state index in [9.17, 15) is 9.59 Å². The average Bonchev–Trinajstić information content (AvgIpc) is 3.78. The molecule has 2 saturated carbocycles. The maximum absolute atomic E-state index is 12.7. The second-order valence-electron chi connectivity index (χ2n) is 14.9. The normalized spacial score (nSPS) is 17.8. The zero-order chi connectivity index (χ0) is 33.8. The SMILES string of the molecule is CCCN(CCC)C(=O)C1(C)CC1.Cc1ccc(C(=C2CC3(C2)CN(C)C3)c2ccc([C@@H](C)NC(=O)c3cccc(C)c3)cc2)cc1. The number of likely N-dealkylation sites (tertiary alicyclic amines) is 1. The number of rotatable bonds is 10. The summed E-state index contributed by atoms with van der Waals surface area (Å²) in [5, 5.41) is 3.15. The molecule has 6 rings (SSSR count). The van der Waals surface area contributed by atoms with Gasteiger partial charge in [-0.3, -0.25) is 9.59 Å². The summed E-state index contributed by atoms with van der Waals surface area (Å²) in [6.07, 6.45) is 6.73. The third-order valence-electron chi connectivity index (χ3n) is 10.2. The van der Waals surface area contributed by atoms with E-state index in [4.69, 9.17) is 0 Å². The van der Waals surface area contributed by atoms with Crippen LogP contribution in [0.2, 0.25) is 0 Å². The Morgan fingerprint density at radius 2 is 1.40 bits per heavy atom. The van der Waals surface area contributed by atoms with Crippen molar-refractivity contribution in [2.24, 2.45) is 10.8 Å². The van der Waals surface area contributed by atoms with Crippen molar-refractivity contribution >= 4 is 17.4 Å². The molecule has 0 radical (unpaired) electrons. The summed E-state index contributed by atoms with van der Waals surface area (Å²) < 4.78 is 0. The molecule has 1 aliphatic heterocycles. The van der Waals surface area contributed by atoms with Gasteiger partial charge in [-0.15, -0.1) is 0 Å². The smallest absolute Gasteiger partial charge is 0.251 e. The van der Waals surface area contributed by atoms with E-state index in [1.165, 1.54) is 48.2 Å². The fourth-order valence-electron chi connectivity index (χ4n) is 7.37. The summed E-state index contributed by atoms with van der Waals surface area (Å²) in [5.41, 5.74) is 10.3. The van der Waals surface area contributed by atoms with Gasteiger partial charge in [0.15, 0.2) is 0 Å². The molecular weight excluding hydrogens is 578 g/mol. The van der Waals surface area contributed by atoms with Gasteiger partial charge in [0.2, 0.25) is 5.91 Å². The van der Waals surface area contributed by atoms with Crippen molar-refractivity contribution in [3.8, 4) is 0 Å². The first-order chi connectivity index (χ1) is 22.5. The third-order valence-corrected chi connectivity index (χ3v) is 10.2. The minimum atomic E-state index is -0.0602. The number of carbonyl (C=O) groups excluding carboxylic acids is 2. The zero-order valence-electron chi connectivity index (χ0n) is 29.8. The standard InChI is InChI=1S/C31H34N2O.C11H21NO/c1-21-8-10-25(11-9-21)29(28-17-31(18-28)19-33(4)20-31)26-14-12-24(13-15-26)23(3)32-30(34)27-7-5-6-22(2)16-27;1-4-8-12(9-5-2)10(13)11(3)6-7-11/h5-16,23H,17-20H2,1-4H3,(H,32,34);4-9H2,1-3H3/t23-;/m1./s1. The molecule has 0 aromatic heterocycles. The summed E-state index contributed by atoms with van der Waals surface area (Å²) in [4.78, 5) is 29.1. The molecule has 3 aromatic carbocycles. The quantitative estimate of drug-likeness (QED) is 0.243. The monoisotopic (exact) mass is 633 g/mol. The van der Waals surface area contributed by atoms with Gasteiger partial charge in [-0.1, -0.05) is 98.1 Å². The Labute approximate surface area is 283 Å². The van der Waals surface area contributed by atoms with Gasteiger partial charge in [-0.25, -0.2) is 0 Å². The molecule has 3 aliphatic rings. The highest BCUT2D eigenvalue weighted by Gasteiger charge is 2.49. The van der Waals surface area contributed by atoms with E-state index in [-0.39, 0.29) is 17.4 Å². The predicted molar refractivity (Wildman–Crippen MR) is 194 cm³/mol. The lowest BCUT2D eigenvalue weighted by atomic mass is 9.59. The van der Waals surface area contributed by atoms with Gasteiger partial charge in [0.25, 0.3) is 5.91 Å². The molecule has 0 unspecified atom stereocenters. The third kappa shape index (κ3) is 8.24. The minimum Gasteiger partial charge on any atom is -0.346 e. The molecule has 47 heavy (non-hydrogen) atoms. The summed E-state index contributed by atoms with van der Waals surface area (Å²) in [6, 6.07) is 25.4. The van der Waals surface area contributed by atoms with Crippen LogP contribution >= 0.6 is 0 Å². The fraction of sp³-hybridized carbons (Fsp3) is 0.476. The molecule has 1 heterocycles. The van der Waals surface area contributed by atoms with Crippen molar-refractivity contribution in [2.45, 2.75) is 86.1 Å². The number of hydrogen-bond donors (Lipinski definition) is 1. The molecule has 2 amide bonds. The number of benzene rings is 3. The fourth-order valence-corrected chi connectivity index (χ4v) is 7.37. The second-order valence-corrected chi connectivity index (χ2v) is 14.9. The maximum Gasteiger partial charge on any atom is 0.251 e. The number of nitrogens with zero attached hydrogens (tertiary/aromatic N) is 2. The van der Waals surface area contributed by atoms with E-state index >= 15 is 0 Å². The highest BCUT2D eigenvalue weighted by Crippen LogP contribution is 2.54. The van der Waals surface area contributed by atoms with E-state index < -0.39 is 0 Å². The van der Waals surface area contributed by atoms with Gasteiger partial charge >= 0.3 is 0 Å². The average molecular weight is 634 g/mol. The second kappa shape index (κ2) is 14.6. The molecule has 1 saturated heterocycles. The molecule has 2 aliphatic carbocycles. The lowest BCUT2D eigenvalue weighted by Crippen LogP contribution is -2.58. The van der Waals surface area contributed by atoms with Crippen LogP contribution in [0, 0.1) is 24.7 Å². The zero-order valence-corrected chi connectivity index (χ0v) is 29.8. The van der Waals surface area contributed by atoms with Crippen LogP contribution in [-0.4, -0.2) is 54.8 Å². The summed E-state index contributed by atoms with van der Waals surface area (Å²) in [5.74, 6) is 0.351. The number of hydrogen-bond acceptors (Lipinski definition) is 3. The van der Waals surface area contributed by atoms with Crippen LogP contribution in [0.5, 0.6) is 0 Å². The first-order valence-electron chi connectivity index (χ1n) is 17.7. The summed E-state index contributed by atoms with van der Waals surface area (Å²) in [6.45, 7) is 16.8. The Kier molecular flexibility index (Phi) is 10.8. The lowest BCUT2D eigenvalue weighted by molar-refractivity contribution is -0.136. The molecule has 5 heteroatoms. The van der Waals surface area contributed by atoms with E-state index in [2.05, 4.69) is 93.5 Å². The molecule has 3 fully saturated rings. The van der Waals surface area contributed by atoms with E-state index in [0.29, 0.717) is 16.9 Å². The van der Waals surface area contributed by atoms with Gasteiger partial charge in [0, 0.05) is 42.6 Å². The minimum absolute atomic E-state index is 0.0182. The van der Waals surface area contributed by atoms with Crippen molar-refractivity contribution < 1.29 is 9.59 Å². The molecule has 1 atom stereocenters. The van der Waals surface area contributed by atoms with Crippen LogP contribution in [0.1, 0.15) is 110 Å². The molecular formula is C42H55N3O2. The number of carbonyl (C=O) groups is 2. The number of nitrogens with one attached hydrogen (secondary N) is 1. The number of aryl methyl sites for hydroxylation is 2. The van der Waals surface area contributed by atoms with Crippen LogP contribution in [0.4, 0.5) is 0 Å². The van der Waals surface area contributed by atoms with Crippen LogP contribution in [0.25, 0.3) is 5.57 Å². The summed E-state index contributed by atoms with van der Waals surface area (Å²) >= 11 is 0. The van der Waals surface area contributed by atoms with Gasteiger partial charge in [-0.05, 0) is 101 Å². The largest absolute Gasteiger partial charge is 0.346 e.